The summed E-state index contributed by atoms with van der Waals surface area (Å²) in [6.45, 7) is 8.48. The number of rotatable bonds is 3. The summed E-state index contributed by atoms with van der Waals surface area (Å²) in [5, 5.41) is 8.95. The van der Waals surface area contributed by atoms with Crippen molar-refractivity contribution in [3.05, 3.63) is 47.9 Å². The van der Waals surface area contributed by atoms with E-state index >= 15 is 0 Å². The molecule has 4 nitrogen and oxygen atoms in total. The molecule has 1 saturated heterocycles. The van der Waals surface area contributed by atoms with E-state index in [0.29, 0.717) is 6.04 Å². The van der Waals surface area contributed by atoms with Crippen molar-refractivity contribution in [1.82, 2.24) is 9.88 Å². The Morgan fingerprint density at radius 1 is 1.08 bits per heavy atom. The molecule has 0 atom stereocenters. The fourth-order valence-corrected chi connectivity index (χ4v) is 3.00. The smallest absolute Gasteiger partial charge is 0.140 e. The number of piperazine rings is 1. The van der Waals surface area contributed by atoms with Crippen molar-refractivity contribution in [3.63, 3.8) is 0 Å². The molecular weight excluding hydrogens is 303 g/mol. The number of benzene rings is 1. The average Bonchev–Trinajstić information content (AvgIpc) is 2.62. The Balaban J connectivity index is 1.74. The molecule has 1 aromatic carbocycles. The number of nitrogens with zero attached hydrogens (tertiary/aromatic N) is 4. The summed E-state index contributed by atoms with van der Waals surface area (Å²) in [6.07, 6.45) is 1.79. The van der Waals surface area contributed by atoms with Crippen molar-refractivity contribution in [2.45, 2.75) is 19.9 Å². The lowest BCUT2D eigenvalue weighted by Crippen LogP contribution is -2.49. The number of nitriles is 1. The maximum atomic E-state index is 13.4. The van der Waals surface area contributed by atoms with E-state index in [0.717, 1.165) is 43.1 Å². The van der Waals surface area contributed by atoms with Gasteiger partial charge in [-0.3, -0.25) is 4.90 Å². The van der Waals surface area contributed by atoms with Crippen LogP contribution in [0.25, 0.3) is 11.1 Å². The zero-order chi connectivity index (χ0) is 17.1. The third-order valence-electron chi connectivity index (χ3n) is 4.54. The number of hydrogen-bond donors (Lipinski definition) is 0. The van der Waals surface area contributed by atoms with Gasteiger partial charge in [0.15, 0.2) is 0 Å². The molecule has 0 N–H and O–H groups in total. The zero-order valence-electron chi connectivity index (χ0n) is 14.0. The molecule has 0 radical (unpaired) electrons. The third-order valence-corrected chi connectivity index (χ3v) is 4.54. The SMILES string of the molecule is CC(C)N1CCN(c2ccc(-c3ccc(F)c(C#N)c3)cn2)CC1. The summed E-state index contributed by atoms with van der Waals surface area (Å²) in [7, 11) is 0. The maximum Gasteiger partial charge on any atom is 0.140 e. The lowest BCUT2D eigenvalue weighted by atomic mass is 10.0. The molecule has 124 valence electrons. The molecule has 5 heteroatoms. The van der Waals surface area contributed by atoms with Crippen LogP contribution in [0, 0.1) is 17.1 Å². The highest BCUT2D eigenvalue weighted by Crippen LogP contribution is 2.23. The molecule has 0 aliphatic carbocycles. The first-order valence-electron chi connectivity index (χ1n) is 8.23. The van der Waals surface area contributed by atoms with Gasteiger partial charge in [-0.05, 0) is 43.7 Å². The Kier molecular flexibility index (Phi) is 4.77. The van der Waals surface area contributed by atoms with Crippen LogP contribution in [0.5, 0.6) is 0 Å². The molecule has 0 saturated carbocycles. The normalized spacial score (nSPS) is 15.5. The van der Waals surface area contributed by atoms with Gasteiger partial charge in [-0.1, -0.05) is 6.07 Å². The number of anilines is 1. The second-order valence-corrected chi connectivity index (χ2v) is 6.33. The minimum atomic E-state index is -0.492. The largest absolute Gasteiger partial charge is 0.354 e. The molecule has 0 spiro atoms. The van der Waals surface area contributed by atoms with Gasteiger partial charge in [0, 0.05) is 44.0 Å². The maximum absolute atomic E-state index is 13.4. The van der Waals surface area contributed by atoms with Crippen molar-refractivity contribution >= 4 is 5.82 Å². The standard InChI is InChI=1S/C19H21FN4/c1-14(2)23-7-9-24(10-8-23)19-6-4-16(13-22-19)15-3-5-18(20)17(11-15)12-21/h3-6,11,13-14H,7-10H2,1-2H3. The fraction of sp³-hybridized carbons (Fsp3) is 0.368. The molecule has 3 rings (SSSR count). The summed E-state index contributed by atoms with van der Waals surface area (Å²) in [5.41, 5.74) is 1.74. The molecule has 2 heterocycles. The van der Waals surface area contributed by atoms with E-state index in [1.165, 1.54) is 6.07 Å². The third kappa shape index (κ3) is 3.39. The van der Waals surface area contributed by atoms with Crippen molar-refractivity contribution < 1.29 is 4.39 Å². The van der Waals surface area contributed by atoms with Crippen LogP contribution in [0.4, 0.5) is 10.2 Å². The Labute approximate surface area is 142 Å². The van der Waals surface area contributed by atoms with Crippen LogP contribution < -0.4 is 4.90 Å². The van der Waals surface area contributed by atoms with Crippen LogP contribution in [-0.4, -0.2) is 42.1 Å². The first-order valence-corrected chi connectivity index (χ1v) is 8.23. The van der Waals surface area contributed by atoms with E-state index < -0.39 is 5.82 Å². The predicted molar refractivity (Wildman–Crippen MR) is 93.3 cm³/mol. The van der Waals surface area contributed by atoms with Gasteiger partial charge in [-0.2, -0.15) is 5.26 Å². The minimum absolute atomic E-state index is 0.0568. The summed E-state index contributed by atoms with van der Waals surface area (Å²) in [4.78, 5) is 9.31. The van der Waals surface area contributed by atoms with Crippen molar-refractivity contribution in [2.75, 3.05) is 31.1 Å². The first-order chi connectivity index (χ1) is 11.6. The van der Waals surface area contributed by atoms with Crippen LogP contribution in [0.2, 0.25) is 0 Å². The van der Waals surface area contributed by atoms with Gasteiger partial charge in [0.05, 0.1) is 5.56 Å². The number of aromatic nitrogens is 1. The Hall–Kier alpha value is -2.45. The van der Waals surface area contributed by atoms with Gasteiger partial charge in [0.1, 0.15) is 17.7 Å². The van der Waals surface area contributed by atoms with Crippen molar-refractivity contribution in [1.29, 1.82) is 5.26 Å². The summed E-state index contributed by atoms with van der Waals surface area (Å²) in [6, 6.07) is 11.0. The van der Waals surface area contributed by atoms with E-state index in [9.17, 15) is 4.39 Å². The van der Waals surface area contributed by atoms with Crippen molar-refractivity contribution in [3.8, 4) is 17.2 Å². The van der Waals surface area contributed by atoms with Crippen LogP contribution in [-0.2, 0) is 0 Å². The van der Waals surface area contributed by atoms with Gasteiger partial charge in [0.2, 0.25) is 0 Å². The molecule has 24 heavy (non-hydrogen) atoms. The molecular formula is C19H21FN4. The van der Waals surface area contributed by atoms with Crippen LogP contribution >= 0.6 is 0 Å². The molecule has 2 aromatic rings. The molecule has 1 fully saturated rings. The van der Waals surface area contributed by atoms with Crippen LogP contribution in [0.1, 0.15) is 19.4 Å². The monoisotopic (exact) mass is 324 g/mol. The Bertz CT molecular complexity index is 741. The lowest BCUT2D eigenvalue weighted by Gasteiger charge is -2.37. The highest BCUT2D eigenvalue weighted by molar-refractivity contribution is 5.65. The van der Waals surface area contributed by atoms with E-state index in [4.69, 9.17) is 5.26 Å². The minimum Gasteiger partial charge on any atom is -0.354 e. The summed E-state index contributed by atoms with van der Waals surface area (Å²) >= 11 is 0. The van der Waals surface area contributed by atoms with E-state index in [-0.39, 0.29) is 5.56 Å². The highest BCUT2D eigenvalue weighted by atomic mass is 19.1. The molecule has 0 amide bonds. The van der Waals surface area contributed by atoms with Crippen LogP contribution in [0.3, 0.4) is 0 Å². The Morgan fingerprint density at radius 2 is 1.79 bits per heavy atom. The van der Waals surface area contributed by atoms with Gasteiger partial charge in [0.25, 0.3) is 0 Å². The highest BCUT2D eigenvalue weighted by Gasteiger charge is 2.19. The zero-order valence-corrected chi connectivity index (χ0v) is 14.0. The molecule has 1 aliphatic heterocycles. The van der Waals surface area contributed by atoms with Gasteiger partial charge in [-0.25, -0.2) is 9.37 Å². The molecule has 1 aromatic heterocycles. The van der Waals surface area contributed by atoms with Crippen LogP contribution in [0.15, 0.2) is 36.5 Å². The predicted octanol–water partition coefficient (Wildman–Crippen LogP) is 3.29. The summed E-state index contributed by atoms with van der Waals surface area (Å²) < 4.78 is 13.4. The number of hydrogen-bond acceptors (Lipinski definition) is 4. The van der Waals surface area contributed by atoms with Crippen molar-refractivity contribution in [2.24, 2.45) is 0 Å². The number of pyridine rings is 1. The fourth-order valence-electron chi connectivity index (χ4n) is 3.00. The topological polar surface area (TPSA) is 43.2 Å². The molecule has 0 unspecified atom stereocenters. The molecule has 1 aliphatic rings. The molecule has 0 bridgehead atoms. The van der Waals surface area contributed by atoms with E-state index in [1.807, 2.05) is 18.2 Å². The number of halogens is 1. The quantitative estimate of drug-likeness (QED) is 0.869. The second kappa shape index (κ2) is 6.98. The van der Waals surface area contributed by atoms with E-state index in [1.54, 1.807) is 18.3 Å². The van der Waals surface area contributed by atoms with Gasteiger partial charge in [-0.15, -0.1) is 0 Å². The Morgan fingerprint density at radius 3 is 2.38 bits per heavy atom. The van der Waals surface area contributed by atoms with E-state index in [2.05, 4.69) is 28.6 Å². The van der Waals surface area contributed by atoms with Gasteiger partial charge < -0.3 is 4.90 Å². The average molecular weight is 324 g/mol. The lowest BCUT2D eigenvalue weighted by molar-refractivity contribution is 0.209. The second-order valence-electron chi connectivity index (χ2n) is 6.33. The first kappa shape index (κ1) is 16.4. The van der Waals surface area contributed by atoms with Gasteiger partial charge >= 0.3 is 0 Å². The summed E-state index contributed by atoms with van der Waals surface area (Å²) in [5.74, 6) is 0.471.